The van der Waals surface area contributed by atoms with E-state index in [0.717, 1.165) is 45.0 Å². The van der Waals surface area contributed by atoms with E-state index in [9.17, 15) is 9.90 Å². The second-order valence-electron chi connectivity index (χ2n) is 9.60. The number of rotatable bonds is 13. The Morgan fingerprint density at radius 2 is 1.45 bits per heavy atom. The summed E-state index contributed by atoms with van der Waals surface area (Å²) in [6, 6.07) is 29.0. The summed E-state index contributed by atoms with van der Waals surface area (Å²) in [5.41, 5.74) is 4.68. The van der Waals surface area contributed by atoms with Crippen molar-refractivity contribution in [1.29, 1.82) is 0 Å². The lowest BCUT2D eigenvalue weighted by Crippen LogP contribution is -2.05. The van der Waals surface area contributed by atoms with Crippen LogP contribution in [0, 0.1) is 0 Å². The largest absolute Gasteiger partial charge is 0.497 e. The number of benzene rings is 4. The Morgan fingerprint density at radius 1 is 0.786 bits per heavy atom. The van der Waals surface area contributed by atoms with E-state index >= 15 is 0 Å². The molecule has 0 saturated heterocycles. The molecular weight excluding hydrogens is 556 g/mol. The third-order valence-electron chi connectivity index (χ3n) is 6.76. The lowest BCUT2D eigenvalue weighted by atomic mass is 10.1. The number of aromatic nitrogens is 2. The Morgan fingerprint density at radius 3 is 2.19 bits per heavy atom. The van der Waals surface area contributed by atoms with Crippen LogP contribution in [0.4, 0.5) is 0 Å². The van der Waals surface area contributed by atoms with Gasteiger partial charge < -0.3 is 28.6 Å². The number of carbonyl (C=O) groups is 1. The lowest BCUT2D eigenvalue weighted by Gasteiger charge is -2.14. The second kappa shape index (κ2) is 14.3. The lowest BCUT2D eigenvalue weighted by molar-refractivity contribution is -0.136. The van der Waals surface area contributed by atoms with Crippen LogP contribution in [0.2, 0.25) is 0 Å². The first-order valence-electron chi connectivity index (χ1n) is 13.3. The summed E-state index contributed by atoms with van der Waals surface area (Å²) in [6.45, 7) is 1.07. The molecule has 0 spiro atoms. The zero-order valence-corrected chi connectivity index (χ0v) is 24.3. The summed E-state index contributed by atoms with van der Waals surface area (Å²) in [5.74, 6) is 2.63. The first-order valence-corrected chi connectivity index (χ1v) is 13.3. The molecule has 0 radical (unpaired) electrons. The van der Waals surface area contributed by atoms with Crippen LogP contribution in [0.15, 0.2) is 91.0 Å². The molecule has 1 heterocycles. The van der Waals surface area contributed by atoms with Gasteiger partial charge in [-0.05, 0) is 53.4 Å². The van der Waals surface area contributed by atoms with Crippen molar-refractivity contribution in [2.45, 2.75) is 32.7 Å². The van der Waals surface area contributed by atoms with E-state index in [4.69, 9.17) is 18.9 Å². The van der Waals surface area contributed by atoms with Gasteiger partial charge in [0.05, 0.1) is 18.1 Å². The number of carboxylic acids is 1. The van der Waals surface area contributed by atoms with Crippen LogP contribution < -0.4 is 18.9 Å². The van der Waals surface area contributed by atoms with Crippen molar-refractivity contribution in [1.82, 2.24) is 9.55 Å². The highest BCUT2D eigenvalue weighted by Crippen LogP contribution is 2.29. The molecule has 4 aromatic carbocycles. The van der Waals surface area contributed by atoms with Crippen LogP contribution >= 0.6 is 12.4 Å². The van der Waals surface area contributed by atoms with Gasteiger partial charge in [0.25, 0.3) is 0 Å². The molecule has 1 N–H and O–H groups in total. The van der Waals surface area contributed by atoms with Crippen LogP contribution in [0.3, 0.4) is 0 Å². The minimum Gasteiger partial charge on any atom is -0.497 e. The van der Waals surface area contributed by atoms with Crippen molar-refractivity contribution in [3.05, 3.63) is 114 Å². The van der Waals surface area contributed by atoms with Crippen molar-refractivity contribution < 1.29 is 28.8 Å². The molecule has 9 heteroatoms. The highest BCUT2D eigenvalue weighted by Gasteiger charge is 2.12. The Labute approximate surface area is 250 Å². The average molecular weight is 589 g/mol. The van der Waals surface area contributed by atoms with Gasteiger partial charge in [0.1, 0.15) is 48.6 Å². The average Bonchev–Trinajstić information content (AvgIpc) is 3.32. The molecule has 0 fully saturated rings. The molecule has 5 aromatic rings. The van der Waals surface area contributed by atoms with Gasteiger partial charge in [0, 0.05) is 25.6 Å². The number of carboxylic acid groups (broad SMARTS) is 1. The highest BCUT2D eigenvalue weighted by molar-refractivity contribution is 5.85. The summed E-state index contributed by atoms with van der Waals surface area (Å²) in [4.78, 5) is 15.9. The molecule has 0 atom stereocenters. The van der Waals surface area contributed by atoms with Crippen molar-refractivity contribution in [3.8, 4) is 23.0 Å². The third-order valence-corrected chi connectivity index (χ3v) is 6.76. The van der Waals surface area contributed by atoms with Gasteiger partial charge in [-0.1, -0.05) is 48.5 Å². The van der Waals surface area contributed by atoms with Crippen LogP contribution in [0.5, 0.6) is 23.0 Å². The number of ether oxygens (including phenoxy) is 4. The Bertz CT molecular complexity index is 1620. The van der Waals surface area contributed by atoms with Gasteiger partial charge in [0.2, 0.25) is 0 Å². The number of aryl methyl sites for hydroxylation is 2. The summed E-state index contributed by atoms with van der Waals surface area (Å²) in [6.07, 6.45) is 0.358. The van der Waals surface area contributed by atoms with Gasteiger partial charge in [-0.15, -0.1) is 12.4 Å². The van der Waals surface area contributed by atoms with E-state index in [-0.39, 0.29) is 25.4 Å². The molecule has 0 aliphatic heterocycles. The Hall–Kier alpha value is -4.69. The first kappa shape index (κ1) is 30.3. The van der Waals surface area contributed by atoms with Crippen molar-refractivity contribution in [2.75, 3.05) is 7.11 Å². The minimum absolute atomic E-state index is 0. The number of hydrogen-bond donors (Lipinski definition) is 1. The van der Waals surface area contributed by atoms with E-state index < -0.39 is 5.97 Å². The number of aliphatic carboxylic acids is 1. The normalized spacial score (nSPS) is 10.6. The maximum Gasteiger partial charge on any atom is 0.303 e. The Kier molecular flexibility index (Phi) is 10.3. The van der Waals surface area contributed by atoms with E-state index in [1.165, 1.54) is 0 Å². The molecule has 1 aromatic heterocycles. The summed E-state index contributed by atoms with van der Waals surface area (Å²) < 4.78 is 25.4. The van der Waals surface area contributed by atoms with Crippen molar-refractivity contribution in [3.63, 3.8) is 0 Å². The maximum atomic E-state index is 11.2. The maximum absolute atomic E-state index is 11.2. The van der Waals surface area contributed by atoms with Gasteiger partial charge in [-0.3, -0.25) is 4.79 Å². The zero-order chi connectivity index (χ0) is 28.6. The monoisotopic (exact) mass is 588 g/mol. The quantitative estimate of drug-likeness (QED) is 0.162. The van der Waals surface area contributed by atoms with Crippen LogP contribution in [0.25, 0.3) is 11.0 Å². The Balaban J connectivity index is 0.00000405. The van der Waals surface area contributed by atoms with Crippen molar-refractivity contribution >= 4 is 29.4 Å². The fourth-order valence-electron chi connectivity index (χ4n) is 4.41. The number of fused-ring (bicyclic) bond motifs is 1. The van der Waals surface area contributed by atoms with Crippen molar-refractivity contribution in [2.24, 2.45) is 7.05 Å². The third kappa shape index (κ3) is 7.73. The molecule has 0 bridgehead atoms. The van der Waals surface area contributed by atoms with Crippen LogP contribution in [-0.4, -0.2) is 27.7 Å². The fraction of sp³-hybridized carbons (Fsp3) is 0.212. The molecule has 0 aliphatic rings. The van der Waals surface area contributed by atoms with E-state index in [1.807, 2.05) is 96.5 Å². The predicted octanol–water partition coefficient (Wildman–Crippen LogP) is 6.76. The highest BCUT2D eigenvalue weighted by atomic mass is 35.5. The van der Waals surface area contributed by atoms with E-state index in [0.29, 0.717) is 31.1 Å². The number of hydrogen-bond acceptors (Lipinski definition) is 6. The van der Waals surface area contributed by atoms with Gasteiger partial charge in [0.15, 0.2) is 0 Å². The SMILES string of the molecule is COc1ccc2nc(COc3ccc(CCC(=O)O)c(OCc4ccc(OCc5ccccc5)cc4)c3)n(C)c2c1.Cl. The van der Waals surface area contributed by atoms with E-state index in [2.05, 4.69) is 4.98 Å². The molecule has 5 rings (SSSR count). The molecule has 8 nitrogen and oxygen atoms in total. The van der Waals surface area contributed by atoms with Gasteiger partial charge in [-0.25, -0.2) is 4.98 Å². The number of methoxy groups -OCH3 is 1. The zero-order valence-electron chi connectivity index (χ0n) is 23.5. The van der Waals surface area contributed by atoms with Gasteiger partial charge in [-0.2, -0.15) is 0 Å². The van der Waals surface area contributed by atoms with E-state index in [1.54, 1.807) is 13.2 Å². The molecule has 42 heavy (non-hydrogen) atoms. The topological polar surface area (TPSA) is 92.0 Å². The molecule has 0 aliphatic carbocycles. The summed E-state index contributed by atoms with van der Waals surface area (Å²) >= 11 is 0. The number of nitrogens with zero attached hydrogens (tertiary/aromatic N) is 2. The second-order valence-corrected chi connectivity index (χ2v) is 9.60. The number of imidazole rings is 1. The smallest absolute Gasteiger partial charge is 0.303 e. The summed E-state index contributed by atoms with van der Waals surface area (Å²) in [7, 11) is 3.58. The molecule has 0 unspecified atom stereocenters. The van der Waals surface area contributed by atoms with Gasteiger partial charge >= 0.3 is 5.97 Å². The van der Waals surface area contributed by atoms with Crippen LogP contribution in [0.1, 0.15) is 28.9 Å². The van der Waals surface area contributed by atoms with Crippen LogP contribution in [-0.2, 0) is 38.1 Å². The molecule has 0 amide bonds. The molecule has 218 valence electrons. The standard InChI is InChI=1S/C33H32N2O6.ClH/c1-35-30-18-27(38-2)15-16-29(30)34-32(35)22-40-28-14-10-25(11-17-33(36)37)31(19-28)41-21-24-8-12-26(13-9-24)39-20-23-6-4-3-5-7-23;/h3-10,12-16,18-19H,11,17,20-22H2,1-2H3,(H,36,37);1H. The minimum atomic E-state index is -0.860. The number of halogens is 1. The molecular formula is C33H33ClN2O6. The fourth-order valence-corrected chi connectivity index (χ4v) is 4.41. The summed E-state index contributed by atoms with van der Waals surface area (Å²) in [5, 5.41) is 9.21. The predicted molar refractivity (Wildman–Crippen MR) is 163 cm³/mol. The molecule has 0 saturated carbocycles. The first-order chi connectivity index (χ1) is 20.0.